The van der Waals surface area contributed by atoms with Gasteiger partial charge in [-0.05, 0) is 58.0 Å². The van der Waals surface area contributed by atoms with Crippen LogP contribution in [0.25, 0.3) is 0 Å². The molecule has 0 radical (unpaired) electrons. The Bertz CT molecular complexity index is 931. The number of fused-ring (bicyclic) bond motifs is 1. The predicted octanol–water partition coefficient (Wildman–Crippen LogP) is 3.33. The highest BCUT2D eigenvalue weighted by Gasteiger charge is 2.30. The fraction of sp³-hybridized carbons (Fsp3) is 0.417. The minimum absolute atomic E-state index is 0.0000469. The normalized spacial score (nSPS) is 13.6. The zero-order chi connectivity index (χ0) is 22.4. The first-order valence-electron chi connectivity index (χ1n) is 10.7. The summed E-state index contributed by atoms with van der Waals surface area (Å²) in [5.41, 5.74) is 2.77. The molecule has 0 saturated heterocycles. The molecule has 2 amide bonds. The molecule has 2 aromatic carbocycles. The van der Waals surface area contributed by atoms with Crippen molar-refractivity contribution in [3.63, 3.8) is 0 Å². The molecule has 0 fully saturated rings. The Morgan fingerprint density at radius 3 is 2.55 bits per heavy atom. The number of para-hydroxylation sites is 1. The van der Waals surface area contributed by atoms with Crippen molar-refractivity contribution in [1.29, 1.82) is 0 Å². The van der Waals surface area contributed by atoms with E-state index in [9.17, 15) is 9.59 Å². The van der Waals surface area contributed by atoms with Crippen molar-refractivity contribution in [3.05, 3.63) is 48.0 Å². The first kappa shape index (κ1) is 22.6. The molecule has 0 saturated carbocycles. The molecule has 1 aliphatic rings. The fourth-order valence-electron chi connectivity index (χ4n) is 3.67. The number of hydrogen-bond acceptors (Lipinski definition) is 5. The fourth-order valence-corrected chi connectivity index (χ4v) is 3.67. The molecule has 0 spiro atoms. The summed E-state index contributed by atoms with van der Waals surface area (Å²) in [7, 11) is 1.79. The molecule has 1 aliphatic heterocycles. The maximum absolute atomic E-state index is 13.0. The van der Waals surface area contributed by atoms with Crippen molar-refractivity contribution in [2.75, 3.05) is 43.6 Å². The Balaban J connectivity index is 1.60. The number of carbonyl (C=O) groups is 2. The van der Waals surface area contributed by atoms with E-state index in [0.717, 1.165) is 12.1 Å². The monoisotopic (exact) mass is 425 g/mol. The molecule has 0 aliphatic carbocycles. The molecule has 166 valence electrons. The van der Waals surface area contributed by atoms with Crippen LogP contribution in [0.5, 0.6) is 11.5 Å². The summed E-state index contributed by atoms with van der Waals surface area (Å²) >= 11 is 0. The molecule has 2 aromatic rings. The highest BCUT2D eigenvalue weighted by Crippen LogP contribution is 2.31. The average molecular weight is 426 g/mol. The van der Waals surface area contributed by atoms with Crippen molar-refractivity contribution in [3.8, 4) is 11.5 Å². The first-order chi connectivity index (χ1) is 14.9. The summed E-state index contributed by atoms with van der Waals surface area (Å²) in [6.45, 7) is 7.44. The summed E-state index contributed by atoms with van der Waals surface area (Å²) in [5.74, 6) is 1.03. The van der Waals surface area contributed by atoms with E-state index >= 15 is 0 Å². The summed E-state index contributed by atoms with van der Waals surface area (Å²) in [6.07, 6.45) is 0.860. The zero-order valence-electron chi connectivity index (χ0n) is 18.7. The van der Waals surface area contributed by atoms with Crippen molar-refractivity contribution in [2.24, 2.45) is 0 Å². The van der Waals surface area contributed by atoms with E-state index in [2.05, 4.69) is 11.4 Å². The Morgan fingerprint density at radius 2 is 1.81 bits per heavy atom. The Hall–Kier alpha value is -3.06. The lowest BCUT2D eigenvalue weighted by Crippen LogP contribution is -2.47. The topological polar surface area (TPSA) is 71.1 Å². The first-order valence-corrected chi connectivity index (χ1v) is 10.7. The minimum Gasteiger partial charge on any atom is -0.490 e. The van der Waals surface area contributed by atoms with Gasteiger partial charge in [-0.3, -0.25) is 14.5 Å². The summed E-state index contributed by atoms with van der Waals surface area (Å²) in [6, 6.07) is 12.9. The van der Waals surface area contributed by atoms with Crippen LogP contribution in [0.1, 0.15) is 26.3 Å². The van der Waals surface area contributed by atoms with Crippen LogP contribution in [0.3, 0.4) is 0 Å². The molecule has 0 unspecified atom stereocenters. The number of nitrogens with one attached hydrogen (secondary N) is 1. The second kappa shape index (κ2) is 10.3. The Labute approximate surface area is 183 Å². The quantitative estimate of drug-likeness (QED) is 0.667. The lowest BCUT2D eigenvalue weighted by Gasteiger charge is -2.28. The zero-order valence-corrected chi connectivity index (χ0v) is 18.7. The third-order valence-corrected chi connectivity index (χ3v) is 5.39. The molecule has 3 rings (SSSR count). The second-order valence-electron chi connectivity index (χ2n) is 7.54. The number of anilines is 2. The van der Waals surface area contributed by atoms with E-state index < -0.39 is 6.04 Å². The van der Waals surface area contributed by atoms with Gasteiger partial charge in [0.25, 0.3) is 0 Å². The Kier molecular flexibility index (Phi) is 7.52. The van der Waals surface area contributed by atoms with E-state index in [1.54, 1.807) is 30.1 Å². The van der Waals surface area contributed by atoms with Crippen LogP contribution in [0.2, 0.25) is 0 Å². The van der Waals surface area contributed by atoms with Crippen LogP contribution >= 0.6 is 0 Å². The SMILES string of the molecule is CCOc1ccc(NC(=O)CN(C)[C@@H](C)C(=O)N2CCc3ccccc32)cc1OCC. The number of likely N-dealkylation sites (N-methyl/N-ethyl adjacent to an activating group) is 1. The minimum atomic E-state index is -0.420. The van der Waals surface area contributed by atoms with Crippen molar-refractivity contribution < 1.29 is 19.1 Å². The third-order valence-electron chi connectivity index (χ3n) is 5.39. The van der Waals surface area contributed by atoms with Crippen LogP contribution in [0.4, 0.5) is 11.4 Å². The number of rotatable bonds is 9. The lowest BCUT2D eigenvalue weighted by molar-refractivity contribution is -0.124. The molecular weight excluding hydrogens is 394 g/mol. The molecule has 1 atom stereocenters. The number of benzene rings is 2. The lowest BCUT2D eigenvalue weighted by atomic mass is 10.2. The van der Waals surface area contributed by atoms with E-state index in [0.29, 0.717) is 36.9 Å². The van der Waals surface area contributed by atoms with Crippen LogP contribution in [-0.2, 0) is 16.0 Å². The van der Waals surface area contributed by atoms with Crippen LogP contribution in [0, 0.1) is 0 Å². The number of hydrogen-bond donors (Lipinski definition) is 1. The standard InChI is InChI=1S/C24H31N3O4/c1-5-30-21-12-11-19(15-22(21)31-6-2)25-23(28)16-26(4)17(3)24(29)27-14-13-18-9-7-8-10-20(18)27/h7-12,15,17H,5-6,13-14,16H2,1-4H3,(H,25,28)/t17-/m0/s1. The molecule has 31 heavy (non-hydrogen) atoms. The van der Waals surface area contributed by atoms with Gasteiger partial charge in [-0.2, -0.15) is 0 Å². The largest absolute Gasteiger partial charge is 0.490 e. The summed E-state index contributed by atoms with van der Waals surface area (Å²) in [5, 5.41) is 2.88. The van der Waals surface area contributed by atoms with Gasteiger partial charge < -0.3 is 19.7 Å². The predicted molar refractivity (Wildman–Crippen MR) is 122 cm³/mol. The van der Waals surface area contributed by atoms with Gasteiger partial charge in [0.15, 0.2) is 11.5 Å². The van der Waals surface area contributed by atoms with Gasteiger partial charge in [0.05, 0.1) is 25.8 Å². The van der Waals surface area contributed by atoms with Gasteiger partial charge in [0.1, 0.15) is 0 Å². The molecule has 7 heteroatoms. The van der Waals surface area contributed by atoms with E-state index in [-0.39, 0.29) is 18.4 Å². The summed E-state index contributed by atoms with van der Waals surface area (Å²) in [4.78, 5) is 29.2. The van der Waals surface area contributed by atoms with Gasteiger partial charge >= 0.3 is 0 Å². The Morgan fingerprint density at radius 1 is 1.10 bits per heavy atom. The molecule has 1 heterocycles. The molecule has 0 bridgehead atoms. The van der Waals surface area contributed by atoms with Crippen molar-refractivity contribution in [1.82, 2.24) is 4.90 Å². The van der Waals surface area contributed by atoms with Gasteiger partial charge in [-0.15, -0.1) is 0 Å². The van der Waals surface area contributed by atoms with Crippen LogP contribution < -0.4 is 19.7 Å². The van der Waals surface area contributed by atoms with Crippen molar-refractivity contribution >= 4 is 23.2 Å². The molecular formula is C24H31N3O4. The van der Waals surface area contributed by atoms with Gasteiger partial charge in [-0.1, -0.05) is 18.2 Å². The van der Waals surface area contributed by atoms with Gasteiger partial charge in [-0.25, -0.2) is 0 Å². The third kappa shape index (κ3) is 5.35. The second-order valence-corrected chi connectivity index (χ2v) is 7.54. The van der Waals surface area contributed by atoms with Crippen molar-refractivity contribution in [2.45, 2.75) is 33.2 Å². The number of amides is 2. The van der Waals surface area contributed by atoms with Gasteiger partial charge in [0, 0.05) is 24.0 Å². The molecule has 1 N–H and O–H groups in total. The van der Waals surface area contributed by atoms with E-state index in [1.165, 1.54) is 5.56 Å². The number of carbonyl (C=O) groups excluding carboxylic acids is 2. The average Bonchev–Trinajstić information content (AvgIpc) is 3.19. The van der Waals surface area contributed by atoms with Crippen LogP contribution in [0.15, 0.2) is 42.5 Å². The number of nitrogens with zero attached hydrogens (tertiary/aromatic N) is 2. The maximum Gasteiger partial charge on any atom is 0.244 e. The van der Waals surface area contributed by atoms with Gasteiger partial charge in [0.2, 0.25) is 11.8 Å². The molecule has 0 aromatic heterocycles. The van der Waals surface area contributed by atoms with E-state index in [1.807, 2.05) is 43.9 Å². The highest BCUT2D eigenvalue weighted by atomic mass is 16.5. The number of ether oxygens (including phenoxy) is 2. The molecule has 7 nitrogen and oxygen atoms in total. The van der Waals surface area contributed by atoms with Crippen LogP contribution in [-0.4, -0.2) is 56.1 Å². The highest BCUT2D eigenvalue weighted by molar-refractivity contribution is 5.99. The summed E-state index contributed by atoms with van der Waals surface area (Å²) < 4.78 is 11.2. The maximum atomic E-state index is 13.0. The van der Waals surface area contributed by atoms with E-state index in [4.69, 9.17) is 9.47 Å². The smallest absolute Gasteiger partial charge is 0.244 e.